The van der Waals surface area contributed by atoms with Crippen molar-refractivity contribution in [3.05, 3.63) is 51.5 Å². The van der Waals surface area contributed by atoms with Gasteiger partial charge in [0.25, 0.3) is 0 Å². The van der Waals surface area contributed by atoms with Gasteiger partial charge in [-0.3, -0.25) is 14.9 Å². The molecule has 2 aliphatic rings. The molecule has 0 amide bonds. The quantitative estimate of drug-likeness (QED) is 0.673. The second kappa shape index (κ2) is 5.69. The minimum absolute atomic E-state index is 0.0263. The van der Waals surface area contributed by atoms with Crippen LogP contribution in [0.25, 0.3) is 0 Å². The Morgan fingerprint density at radius 1 is 1.40 bits per heavy atom. The summed E-state index contributed by atoms with van der Waals surface area (Å²) in [5.41, 5.74) is 1.87. The lowest BCUT2D eigenvalue weighted by atomic mass is 9.85. The highest BCUT2D eigenvalue weighted by molar-refractivity contribution is 5.99. The molecule has 1 aliphatic carbocycles. The first-order chi connectivity index (χ1) is 12.1. The fraction of sp³-hybridized carbons (Fsp3) is 0.312. The summed E-state index contributed by atoms with van der Waals surface area (Å²) >= 11 is 0. The molecule has 1 aromatic carbocycles. The number of ketones is 1. The number of Topliss-reactive ketones (excluding diaryl/α,β-unsaturated/α-hetero) is 1. The number of anilines is 1. The molecule has 1 aromatic heterocycles. The van der Waals surface area contributed by atoms with Crippen molar-refractivity contribution in [3.63, 3.8) is 0 Å². The summed E-state index contributed by atoms with van der Waals surface area (Å²) in [6.07, 6.45) is 3.37. The zero-order chi connectivity index (χ0) is 17.6. The van der Waals surface area contributed by atoms with Crippen LogP contribution in [0.5, 0.6) is 5.75 Å². The van der Waals surface area contributed by atoms with E-state index < -0.39 is 11.0 Å². The van der Waals surface area contributed by atoms with Crippen molar-refractivity contribution in [1.82, 2.24) is 14.8 Å². The summed E-state index contributed by atoms with van der Waals surface area (Å²) in [4.78, 5) is 27.6. The number of benzene rings is 1. The molecule has 0 spiro atoms. The van der Waals surface area contributed by atoms with Crippen molar-refractivity contribution in [2.75, 3.05) is 12.4 Å². The number of ether oxygens (including phenoxy) is 1. The zero-order valence-electron chi connectivity index (χ0n) is 13.4. The summed E-state index contributed by atoms with van der Waals surface area (Å²) in [6, 6.07) is 4.16. The largest absolute Gasteiger partial charge is 0.490 e. The van der Waals surface area contributed by atoms with Gasteiger partial charge in [0, 0.05) is 23.8 Å². The number of carbonyl (C=O) groups is 1. The van der Waals surface area contributed by atoms with E-state index in [2.05, 4.69) is 15.4 Å². The smallest absolute Gasteiger partial charge is 0.311 e. The highest BCUT2D eigenvalue weighted by Crippen LogP contribution is 2.41. The van der Waals surface area contributed by atoms with Gasteiger partial charge in [-0.1, -0.05) is 6.07 Å². The molecule has 0 saturated heterocycles. The maximum atomic E-state index is 12.6. The number of hydrogen-bond acceptors (Lipinski definition) is 7. The fourth-order valence-corrected chi connectivity index (χ4v) is 3.42. The lowest BCUT2D eigenvalue weighted by Crippen LogP contribution is -2.31. The molecule has 1 aliphatic heterocycles. The van der Waals surface area contributed by atoms with Crippen molar-refractivity contribution < 1.29 is 14.5 Å². The summed E-state index contributed by atoms with van der Waals surface area (Å²) in [5, 5.41) is 18.7. The first-order valence-corrected chi connectivity index (χ1v) is 7.85. The molecule has 1 atom stereocenters. The van der Waals surface area contributed by atoms with Crippen LogP contribution in [0.1, 0.15) is 30.9 Å². The third-order valence-corrected chi connectivity index (χ3v) is 4.53. The molecule has 0 radical (unpaired) electrons. The molecule has 0 bridgehead atoms. The number of carbonyl (C=O) groups excluding carboxylic acids is 1. The van der Waals surface area contributed by atoms with Crippen LogP contribution >= 0.6 is 0 Å². The lowest BCUT2D eigenvalue weighted by Gasteiger charge is -2.32. The first-order valence-electron chi connectivity index (χ1n) is 7.85. The number of nitro groups is 1. The highest BCUT2D eigenvalue weighted by atomic mass is 16.6. The van der Waals surface area contributed by atoms with E-state index in [0.717, 1.165) is 18.5 Å². The maximum Gasteiger partial charge on any atom is 0.311 e. The summed E-state index contributed by atoms with van der Waals surface area (Å²) in [5.74, 6) is 0.723. The van der Waals surface area contributed by atoms with Gasteiger partial charge >= 0.3 is 5.69 Å². The number of nitrogens with one attached hydrogen (secondary N) is 1. The van der Waals surface area contributed by atoms with Crippen molar-refractivity contribution >= 4 is 17.4 Å². The zero-order valence-corrected chi connectivity index (χ0v) is 13.4. The SMILES string of the molecule is COc1ccc(C2C3=C(CCCC3=O)Nc3ncnn32)cc1[N+](=O)[O-]. The second-order valence-corrected chi connectivity index (χ2v) is 5.91. The molecule has 1 N–H and O–H groups in total. The van der Waals surface area contributed by atoms with Crippen LogP contribution in [-0.4, -0.2) is 32.6 Å². The van der Waals surface area contributed by atoms with Crippen molar-refractivity contribution in [1.29, 1.82) is 0 Å². The molecular formula is C16H15N5O4. The van der Waals surface area contributed by atoms with Gasteiger partial charge in [-0.2, -0.15) is 10.1 Å². The molecule has 1 unspecified atom stereocenters. The molecular weight excluding hydrogens is 326 g/mol. The van der Waals surface area contributed by atoms with Gasteiger partial charge in [-0.05, 0) is 24.5 Å². The van der Waals surface area contributed by atoms with Crippen LogP contribution in [0.4, 0.5) is 11.6 Å². The minimum Gasteiger partial charge on any atom is -0.490 e. The van der Waals surface area contributed by atoms with Crippen molar-refractivity contribution in [2.45, 2.75) is 25.3 Å². The van der Waals surface area contributed by atoms with Gasteiger partial charge in [0.2, 0.25) is 5.95 Å². The fourth-order valence-electron chi connectivity index (χ4n) is 3.42. The number of aromatic nitrogens is 3. The molecule has 25 heavy (non-hydrogen) atoms. The van der Waals surface area contributed by atoms with E-state index in [9.17, 15) is 14.9 Å². The van der Waals surface area contributed by atoms with Crippen LogP contribution in [0.3, 0.4) is 0 Å². The molecule has 128 valence electrons. The summed E-state index contributed by atoms with van der Waals surface area (Å²) in [7, 11) is 1.38. The van der Waals surface area contributed by atoms with E-state index in [0.29, 0.717) is 23.5 Å². The molecule has 0 fully saturated rings. The number of nitrogens with zero attached hydrogens (tertiary/aromatic N) is 4. The van der Waals surface area contributed by atoms with E-state index in [1.54, 1.807) is 16.8 Å². The number of allylic oxidation sites excluding steroid dienone is 2. The van der Waals surface area contributed by atoms with Crippen molar-refractivity contribution in [3.8, 4) is 5.75 Å². The van der Waals surface area contributed by atoms with E-state index in [-0.39, 0.29) is 17.2 Å². The minimum atomic E-state index is -0.536. The number of nitro benzene ring substituents is 1. The van der Waals surface area contributed by atoms with Gasteiger partial charge in [-0.15, -0.1) is 0 Å². The van der Waals surface area contributed by atoms with Crippen LogP contribution in [-0.2, 0) is 4.79 Å². The van der Waals surface area contributed by atoms with Gasteiger partial charge in [0.15, 0.2) is 11.5 Å². The van der Waals surface area contributed by atoms with Gasteiger partial charge < -0.3 is 10.1 Å². The second-order valence-electron chi connectivity index (χ2n) is 5.91. The summed E-state index contributed by atoms with van der Waals surface area (Å²) in [6.45, 7) is 0. The Balaban J connectivity index is 1.91. The lowest BCUT2D eigenvalue weighted by molar-refractivity contribution is -0.385. The summed E-state index contributed by atoms with van der Waals surface area (Å²) < 4.78 is 6.65. The first kappa shape index (κ1) is 15.3. The van der Waals surface area contributed by atoms with Crippen LogP contribution in [0, 0.1) is 10.1 Å². The van der Waals surface area contributed by atoms with Crippen LogP contribution < -0.4 is 10.1 Å². The average molecular weight is 341 g/mol. The van der Waals surface area contributed by atoms with Gasteiger partial charge in [-0.25, -0.2) is 4.68 Å². The average Bonchev–Trinajstić information content (AvgIpc) is 3.07. The maximum absolute atomic E-state index is 12.6. The Morgan fingerprint density at radius 2 is 2.24 bits per heavy atom. The van der Waals surface area contributed by atoms with Crippen LogP contribution in [0.2, 0.25) is 0 Å². The van der Waals surface area contributed by atoms with E-state index in [1.165, 1.54) is 19.5 Å². The number of rotatable bonds is 3. The Kier molecular flexibility index (Phi) is 3.48. The third kappa shape index (κ3) is 2.35. The van der Waals surface area contributed by atoms with Gasteiger partial charge in [0.1, 0.15) is 12.4 Å². The van der Waals surface area contributed by atoms with E-state index in [1.807, 2.05) is 0 Å². The monoisotopic (exact) mass is 341 g/mol. The molecule has 4 rings (SSSR count). The van der Waals surface area contributed by atoms with E-state index >= 15 is 0 Å². The number of hydrogen-bond donors (Lipinski definition) is 1. The third-order valence-electron chi connectivity index (χ3n) is 4.53. The normalized spacial score (nSPS) is 19.1. The Morgan fingerprint density at radius 3 is 3.00 bits per heavy atom. The highest BCUT2D eigenvalue weighted by Gasteiger charge is 2.36. The van der Waals surface area contributed by atoms with E-state index in [4.69, 9.17) is 4.74 Å². The predicted molar refractivity (Wildman–Crippen MR) is 87.3 cm³/mol. The Hall–Kier alpha value is -3.23. The van der Waals surface area contributed by atoms with Crippen molar-refractivity contribution in [2.24, 2.45) is 0 Å². The van der Waals surface area contributed by atoms with Crippen LogP contribution in [0.15, 0.2) is 35.8 Å². The molecule has 9 nitrogen and oxygen atoms in total. The topological polar surface area (TPSA) is 112 Å². The predicted octanol–water partition coefficient (Wildman–Crippen LogP) is 2.22. The van der Waals surface area contributed by atoms with Gasteiger partial charge in [0.05, 0.1) is 12.0 Å². The Labute approximate surface area is 142 Å². The molecule has 2 heterocycles. The molecule has 9 heteroatoms. The molecule has 0 saturated carbocycles. The standard InChI is InChI=1S/C16H15N5O4/c1-25-13-6-5-9(7-11(13)21(23)24)15-14-10(3-2-4-12(14)22)19-16-17-8-18-20(15)16/h5-8,15H,2-4H2,1H3,(H,17,18,19). The number of methoxy groups -OCH3 is 1. The molecule has 2 aromatic rings. The Bertz CT molecular complexity index is 917. The number of fused-ring (bicyclic) bond motifs is 1.